The van der Waals surface area contributed by atoms with E-state index >= 15 is 0 Å². The van der Waals surface area contributed by atoms with Crippen LogP contribution in [0, 0.1) is 5.92 Å². The maximum Gasteiger partial charge on any atom is 0.127 e. The van der Waals surface area contributed by atoms with Gasteiger partial charge < -0.3 is 4.74 Å². The molecule has 0 spiro atoms. The van der Waals surface area contributed by atoms with Crippen molar-refractivity contribution in [3.8, 4) is 5.75 Å². The Balaban J connectivity index is 1.83. The summed E-state index contributed by atoms with van der Waals surface area (Å²) in [7, 11) is 0. The first-order valence-electron chi connectivity index (χ1n) is 7.70. The molecule has 20 heavy (non-hydrogen) atoms. The maximum atomic E-state index is 6.34. The lowest BCUT2D eigenvalue weighted by molar-refractivity contribution is 0.108. The van der Waals surface area contributed by atoms with Gasteiger partial charge in [-0.15, -0.1) is 0 Å². The fourth-order valence-corrected chi connectivity index (χ4v) is 3.16. The predicted molar refractivity (Wildman–Crippen MR) is 82.8 cm³/mol. The Morgan fingerprint density at radius 3 is 2.00 bits per heavy atom. The van der Waals surface area contributed by atoms with Crippen molar-refractivity contribution in [3.63, 3.8) is 0 Å². The van der Waals surface area contributed by atoms with Gasteiger partial charge in [-0.2, -0.15) is 0 Å². The lowest BCUT2D eigenvalue weighted by Gasteiger charge is -2.31. The van der Waals surface area contributed by atoms with E-state index in [4.69, 9.17) is 4.74 Å². The van der Waals surface area contributed by atoms with Crippen LogP contribution in [0.15, 0.2) is 60.7 Å². The Kier molecular flexibility index (Phi) is 4.37. The van der Waals surface area contributed by atoms with E-state index in [1.54, 1.807) is 0 Å². The zero-order valence-corrected chi connectivity index (χ0v) is 11.9. The third-order valence-electron chi connectivity index (χ3n) is 4.21. The van der Waals surface area contributed by atoms with Gasteiger partial charge in [0.25, 0.3) is 0 Å². The van der Waals surface area contributed by atoms with Crippen LogP contribution in [0.1, 0.15) is 43.8 Å². The summed E-state index contributed by atoms with van der Waals surface area (Å²) in [5.41, 5.74) is 1.31. The average molecular weight is 266 g/mol. The van der Waals surface area contributed by atoms with Crippen LogP contribution in [0.5, 0.6) is 5.75 Å². The summed E-state index contributed by atoms with van der Waals surface area (Å²) in [5, 5.41) is 0. The quantitative estimate of drug-likeness (QED) is 0.721. The van der Waals surface area contributed by atoms with Gasteiger partial charge in [-0.25, -0.2) is 0 Å². The molecule has 1 saturated carbocycles. The summed E-state index contributed by atoms with van der Waals surface area (Å²) in [6.45, 7) is 0. The minimum Gasteiger partial charge on any atom is -0.485 e. The number of hydrogen-bond donors (Lipinski definition) is 0. The van der Waals surface area contributed by atoms with E-state index in [9.17, 15) is 0 Å². The number of hydrogen-bond acceptors (Lipinski definition) is 1. The lowest BCUT2D eigenvalue weighted by atomic mass is 9.82. The van der Waals surface area contributed by atoms with Crippen molar-refractivity contribution in [1.29, 1.82) is 0 Å². The van der Waals surface area contributed by atoms with Gasteiger partial charge in [0.2, 0.25) is 0 Å². The fraction of sp³-hybridized carbons (Fsp3) is 0.368. The molecular weight excluding hydrogens is 244 g/mol. The molecule has 0 N–H and O–H groups in total. The zero-order chi connectivity index (χ0) is 13.6. The third-order valence-corrected chi connectivity index (χ3v) is 4.21. The second-order valence-corrected chi connectivity index (χ2v) is 5.66. The van der Waals surface area contributed by atoms with E-state index in [1.807, 2.05) is 18.2 Å². The molecule has 2 aromatic carbocycles. The molecule has 1 heteroatoms. The molecule has 0 saturated heterocycles. The molecular formula is C19H22O. The van der Waals surface area contributed by atoms with Crippen molar-refractivity contribution in [3.05, 3.63) is 66.2 Å². The van der Waals surface area contributed by atoms with Crippen molar-refractivity contribution in [2.75, 3.05) is 0 Å². The van der Waals surface area contributed by atoms with E-state index in [0.29, 0.717) is 5.92 Å². The summed E-state index contributed by atoms with van der Waals surface area (Å²) >= 11 is 0. The van der Waals surface area contributed by atoms with E-state index in [2.05, 4.69) is 42.5 Å². The SMILES string of the molecule is c1ccc(OC(c2ccccc2)C2CCCCC2)cc1. The normalized spacial score (nSPS) is 17.6. The van der Waals surface area contributed by atoms with Gasteiger partial charge >= 0.3 is 0 Å². The molecule has 1 aliphatic rings. The monoisotopic (exact) mass is 266 g/mol. The average Bonchev–Trinajstić information content (AvgIpc) is 2.55. The molecule has 0 aliphatic heterocycles. The van der Waals surface area contributed by atoms with Gasteiger partial charge in [0.1, 0.15) is 11.9 Å². The highest BCUT2D eigenvalue weighted by atomic mass is 16.5. The van der Waals surface area contributed by atoms with E-state index in [0.717, 1.165) is 5.75 Å². The molecule has 1 aliphatic carbocycles. The molecule has 1 atom stereocenters. The number of para-hydroxylation sites is 1. The molecule has 1 fully saturated rings. The van der Waals surface area contributed by atoms with Gasteiger partial charge in [0, 0.05) is 5.92 Å². The third kappa shape index (κ3) is 3.22. The maximum absolute atomic E-state index is 6.34. The highest BCUT2D eigenvalue weighted by molar-refractivity contribution is 5.25. The van der Waals surface area contributed by atoms with Crippen LogP contribution in [0.4, 0.5) is 0 Å². The molecule has 0 aromatic heterocycles. The van der Waals surface area contributed by atoms with Gasteiger partial charge in [-0.1, -0.05) is 67.8 Å². The van der Waals surface area contributed by atoms with Crippen LogP contribution in [-0.4, -0.2) is 0 Å². The minimum atomic E-state index is 0.193. The Morgan fingerprint density at radius 2 is 1.35 bits per heavy atom. The summed E-state index contributed by atoms with van der Waals surface area (Å²) in [6, 6.07) is 20.9. The zero-order valence-electron chi connectivity index (χ0n) is 11.9. The van der Waals surface area contributed by atoms with E-state index in [-0.39, 0.29) is 6.10 Å². The molecule has 3 rings (SSSR count). The summed E-state index contributed by atoms with van der Waals surface area (Å²) in [4.78, 5) is 0. The van der Waals surface area contributed by atoms with Crippen molar-refractivity contribution in [2.45, 2.75) is 38.2 Å². The molecule has 1 nitrogen and oxygen atoms in total. The van der Waals surface area contributed by atoms with Gasteiger partial charge in [0.15, 0.2) is 0 Å². The Hall–Kier alpha value is -1.76. The number of rotatable bonds is 4. The largest absolute Gasteiger partial charge is 0.485 e. The first-order chi connectivity index (χ1) is 9.93. The smallest absolute Gasteiger partial charge is 0.127 e. The highest BCUT2D eigenvalue weighted by Crippen LogP contribution is 2.37. The molecule has 0 bridgehead atoms. The van der Waals surface area contributed by atoms with Gasteiger partial charge in [0.05, 0.1) is 0 Å². The Morgan fingerprint density at radius 1 is 0.750 bits per heavy atom. The van der Waals surface area contributed by atoms with Crippen LogP contribution in [-0.2, 0) is 0 Å². The Bertz CT molecular complexity index is 500. The molecule has 0 radical (unpaired) electrons. The van der Waals surface area contributed by atoms with Crippen LogP contribution in [0.2, 0.25) is 0 Å². The lowest BCUT2D eigenvalue weighted by Crippen LogP contribution is -2.21. The van der Waals surface area contributed by atoms with Crippen LogP contribution < -0.4 is 4.74 Å². The van der Waals surface area contributed by atoms with Crippen LogP contribution >= 0.6 is 0 Å². The highest BCUT2D eigenvalue weighted by Gasteiger charge is 2.26. The topological polar surface area (TPSA) is 9.23 Å². The first-order valence-corrected chi connectivity index (χ1v) is 7.70. The summed E-state index contributed by atoms with van der Waals surface area (Å²) in [5.74, 6) is 1.62. The van der Waals surface area contributed by atoms with Gasteiger partial charge in [-0.05, 0) is 30.5 Å². The Labute approximate surface area is 121 Å². The standard InChI is InChI=1S/C19H22O/c1-4-10-16(11-5-1)19(17-12-6-2-7-13-17)20-18-14-8-3-9-15-18/h1,3-5,8-11,14-15,17,19H,2,6-7,12-13H2. The number of ether oxygens (including phenoxy) is 1. The predicted octanol–water partition coefficient (Wildman–Crippen LogP) is 5.39. The molecule has 104 valence electrons. The second kappa shape index (κ2) is 6.60. The van der Waals surface area contributed by atoms with Crippen molar-refractivity contribution >= 4 is 0 Å². The van der Waals surface area contributed by atoms with E-state index < -0.39 is 0 Å². The van der Waals surface area contributed by atoms with Crippen molar-refractivity contribution < 1.29 is 4.74 Å². The van der Waals surface area contributed by atoms with Crippen LogP contribution in [0.25, 0.3) is 0 Å². The van der Waals surface area contributed by atoms with Crippen LogP contribution in [0.3, 0.4) is 0 Å². The van der Waals surface area contributed by atoms with Crippen molar-refractivity contribution in [1.82, 2.24) is 0 Å². The summed E-state index contributed by atoms with van der Waals surface area (Å²) in [6.07, 6.45) is 6.82. The minimum absolute atomic E-state index is 0.193. The molecule has 2 aromatic rings. The second-order valence-electron chi connectivity index (χ2n) is 5.66. The number of benzene rings is 2. The fourth-order valence-electron chi connectivity index (χ4n) is 3.16. The van der Waals surface area contributed by atoms with Gasteiger partial charge in [-0.3, -0.25) is 0 Å². The summed E-state index contributed by atoms with van der Waals surface area (Å²) < 4.78 is 6.34. The molecule has 1 unspecified atom stereocenters. The first kappa shape index (κ1) is 13.2. The van der Waals surface area contributed by atoms with Crippen molar-refractivity contribution in [2.24, 2.45) is 5.92 Å². The molecule has 0 heterocycles. The molecule has 0 amide bonds. The van der Waals surface area contributed by atoms with E-state index in [1.165, 1.54) is 37.7 Å².